The number of para-hydroxylation sites is 2. The Kier molecular flexibility index (Phi) is 14.0. The first-order valence-corrected chi connectivity index (χ1v) is 27.4. The molecule has 1 atom stereocenters. The maximum atomic E-state index is 4.13. The van der Waals surface area contributed by atoms with E-state index in [0.717, 1.165) is 59.8 Å². The zero-order chi connectivity index (χ0) is 52.8. The molecule has 0 spiro atoms. The van der Waals surface area contributed by atoms with Crippen LogP contribution in [0.4, 0.5) is 39.8 Å². The zero-order valence-corrected chi connectivity index (χ0v) is 44.5. The van der Waals surface area contributed by atoms with Gasteiger partial charge in [0.2, 0.25) is 0 Å². The van der Waals surface area contributed by atoms with Gasteiger partial charge in [-0.3, -0.25) is 0 Å². The summed E-state index contributed by atoms with van der Waals surface area (Å²) in [7, 11) is 0. The van der Waals surface area contributed by atoms with Crippen molar-refractivity contribution in [2.75, 3.05) is 14.7 Å². The fourth-order valence-electron chi connectivity index (χ4n) is 11.8. The number of benzene rings is 9. The Balaban J connectivity index is 0.905. The van der Waals surface area contributed by atoms with E-state index in [1.54, 1.807) is 0 Å². The van der Waals surface area contributed by atoms with Crippen molar-refractivity contribution in [3.8, 4) is 22.3 Å². The number of hydrogen-bond acceptors (Lipinski definition) is 3. The maximum Gasteiger partial charge on any atom is 0.0710 e. The predicted molar refractivity (Wildman–Crippen MR) is 332 cm³/mol. The lowest BCUT2D eigenvalue weighted by atomic mass is 9.66. The van der Waals surface area contributed by atoms with Gasteiger partial charge in [-0.2, -0.15) is 0 Å². The van der Waals surface area contributed by atoms with Gasteiger partial charge in [-0.25, -0.2) is 0 Å². The first-order chi connectivity index (χ1) is 38.5. The molecule has 0 saturated carbocycles. The predicted octanol–water partition coefficient (Wildman–Crippen LogP) is 20.4. The Morgan fingerprint density at radius 1 is 0.385 bits per heavy atom. The number of allylic oxidation sites excluding steroid dienone is 11. The minimum absolute atomic E-state index is 0.621. The maximum absolute atomic E-state index is 4.13. The molecule has 1 unspecified atom stereocenters. The molecule has 3 heteroatoms. The van der Waals surface area contributed by atoms with E-state index >= 15 is 0 Å². The number of aryl methyl sites for hydroxylation is 1. The summed E-state index contributed by atoms with van der Waals surface area (Å²) < 4.78 is 0. The third kappa shape index (κ3) is 9.50. The summed E-state index contributed by atoms with van der Waals surface area (Å²) >= 11 is 0. The molecule has 0 aromatic heterocycles. The summed E-state index contributed by atoms with van der Waals surface area (Å²) in [5.41, 5.74) is 23.0. The van der Waals surface area contributed by atoms with Crippen LogP contribution < -0.4 is 14.7 Å². The smallest absolute Gasteiger partial charge is 0.0710 e. The fraction of sp³-hybridized carbons (Fsp3) is 0.0933. The minimum atomic E-state index is -0.621. The van der Waals surface area contributed by atoms with E-state index in [1.165, 1.54) is 78.3 Å². The third-order valence-electron chi connectivity index (χ3n) is 15.6. The topological polar surface area (TPSA) is 9.72 Å². The SMILES string of the molecule is C=C/C=C\C1=C(C)c2ccccc2C1(c1ccc(N(c2ccccc2)c2ccc(-c3ccc(C)cc3)cc2)cc1)c1ccc(N(c2ccccc2)c2ccc(-c3ccc(N(C4=CCCC=C4)C4=CCCC=C4)cc3)cc2)cc1. The molecule has 0 amide bonds. The van der Waals surface area contributed by atoms with Gasteiger partial charge >= 0.3 is 0 Å². The number of anilines is 7. The first kappa shape index (κ1) is 49.4. The summed E-state index contributed by atoms with van der Waals surface area (Å²) in [5.74, 6) is 0. The molecule has 12 rings (SSSR count). The highest BCUT2D eigenvalue weighted by Gasteiger charge is 2.46. The van der Waals surface area contributed by atoms with Gasteiger partial charge in [0.1, 0.15) is 0 Å². The number of fused-ring (bicyclic) bond motifs is 1. The second kappa shape index (κ2) is 22.0. The highest BCUT2D eigenvalue weighted by atomic mass is 15.2. The van der Waals surface area contributed by atoms with Crippen molar-refractivity contribution < 1.29 is 0 Å². The second-order valence-electron chi connectivity index (χ2n) is 20.4. The van der Waals surface area contributed by atoms with Gasteiger partial charge in [-0.1, -0.05) is 200 Å². The third-order valence-corrected chi connectivity index (χ3v) is 15.6. The largest absolute Gasteiger partial charge is 0.311 e. The summed E-state index contributed by atoms with van der Waals surface area (Å²) in [6, 6.07) is 84.6. The Morgan fingerprint density at radius 2 is 0.756 bits per heavy atom. The molecule has 0 aliphatic heterocycles. The Hall–Kier alpha value is -9.44. The van der Waals surface area contributed by atoms with Crippen LogP contribution in [-0.2, 0) is 5.41 Å². The van der Waals surface area contributed by atoms with Crippen molar-refractivity contribution >= 4 is 45.4 Å². The zero-order valence-electron chi connectivity index (χ0n) is 44.5. The molecule has 3 aliphatic rings. The fourth-order valence-corrected chi connectivity index (χ4v) is 11.8. The van der Waals surface area contributed by atoms with Crippen LogP contribution >= 0.6 is 0 Å². The van der Waals surface area contributed by atoms with Gasteiger partial charge in [-0.15, -0.1) is 0 Å². The van der Waals surface area contributed by atoms with Crippen LogP contribution in [-0.4, -0.2) is 0 Å². The van der Waals surface area contributed by atoms with Gasteiger partial charge in [0.15, 0.2) is 0 Å². The van der Waals surface area contributed by atoms with Crippen LogP contribution in [0.2, 0.25) is 0 Å². The normalized spacial score (nSPS) is 15.7. The molecule has 0 bridgehead atoms. The van der Waals surface area contributed by atoms with Crippen LogP contribution in [0.5, 0.6) is 0 Å². The van der Waals surface area contributed by atoms with Crippen LogP contribution in [0.3, 0.4) is 0 Å². The molecule has 3 nitrogen and oxygen atoms in total. The van der Waals surface area contributed by atoms with Gasteiger partial charge in [0.05, 0.1) is 5.41 Å². The summed E-state index contributed by atoms with van der Waals surface area (Å²) in [5, 5.41) is 0. The number of nitrogens with zero attached hydrogens (tertiary/aromatic N) is 3. The minimum Gasteiger partial charge on any atom is -0.311 e. The summed E-state index contributed by atoms with van der Waals surface area (Å²) in [4.78, 5) is 7.11. The summed E-state index contributed by atoms with van der Waals surface area (Å²) in [6.45, 7) is 8.53. The lowest BCUT2D eigenvalue weighted by molar-refractivity contribution is 0.761. The van der Waals surface area contributed by atoms with E-state index in [9.17, 15) is 0 Å². The van der Waals surface area contributed by atoms with E-state index in [4.69, 9.17) is 0 Å². The van der Waals surface area contributed by atoms with Gasteiger partial charge in [0, 0.05) is 51.2 Å². The average molecular weight is 1010 g/mol. The van der Waals surface area contributed by atoms with E-state index in [1.807, 2.05) is 6.08 Å². The lowest BCUT2D eigenvalue weighted by Gasteiger charge is -2.36. The van der Waals surface area contributed by atoms with E-state index in [0.29, 0.717) is 0 Å². The van der Waals surface area contributed by atoms with Crippen molar-refractivity contribution in [2.45, 2.75) is 44.9 Å². The molecule has 0 fully saturated rings. The highest BCUT2D eigenvalue weighted by molar-refractivity contribution is 5.88. The molecule has 0 saturated heterocycles. The molecular formula is C75H63N3. The van der Waals surface area contributed by atoms with Crippen LogP contribution in [0.15, 0.2) is 309 Å². The van der Waals surface area contributed by atoms with Crippen LogP contribution in [0, 0.1) is 6.92 Å². The Morgan fingerprint density at radius 3 is 1.17 bits per heavy atom. The van der Waals surface area contributed by atoms with E-state index in [-0.39, 0.29) is 0 Å². The van der Waals surface area contributed by atoms with Crippen molar-refractivity contribution in [3.63, 3.8) is 0 Å². The Bertz CT molecular complexity index is 3730. The molecule has 0 heterocycles. The molecule has 9 aromatic carbocycles. The van der Waals surface area contributed by atoms with Crippen molar-refractivity contribution in [1.29, 1.82) is 0 Å². The van der Waals surface area contributed by atoms with Crippen LogP contribution in [0.1, 0.15) is 60.4 Å². The molecule has 78 heavy (non-hydrogen) atoms. The van der Waals surface area contributed by atoms with Crippen molar-refractivity contribution in [3.05, 3.63) is 337 Å². The van der Waals surface area contributed by atoms with E-state index < -0.39 is 5.41 Å². The number of hydrogen-bond donors (Lipinski definition) is 0. The lowest BCUT2D eigenvalue weighted by Crippen LogP contribution is -2.29. The van der Waals surface area contributed by atoms with Crippen molar-refractivity contribution in [2.24, 2.45) is 0 Å². The van der Waals surface area contributed by atoms with Crippen molar-refractivity contribution in [1.82, 2.24) is 0 Å². The van der Waals surface area contributed by atoms with Crippen LogP contribution in [0.25, 0.3) is 27.8 Å². The standard InChI is InChI=1S/C75H63N3/c1-4-5-29-73-56(3)72-28-18-19-30-74(72)75(73,61-41-51-70(52-42-61)77(65-24-14-8-15-25-65)68-47-35-58(36-48-68)57-33-31-55(2)32-34-57)62-43-53-71(54-44-62)78(66-26-16-9-17-27-66)69-49-39-60(40-50-69)59-37-45-67(46-38-59)76(63-20-10-6-11-21-63)64-22-12-7-13-23-64/h4-5,8-10,12,14-54H,1,6-7,11,13H2,2-3H3/b29-5-. The monoisotopic (exact) mass is 1010 g/mol. The van der Waals surface area contributed by atoms with Gasteiger partial charge in [-0.05, 0) is 192 Å². The quantitative estimate of drug-likeness (QED) is 0.0948. The summed E-state index contributed by atoms with van der Waals surface area (Å²) in [6.07, 6.45) is 24.4. The molecule has 0 radical (unpaired) electrons. The Labute approximate surface area is 461 Å². The van der Waals surface area contributed by atoms with E-state index in [2.05, 4.69) is 314 Å². The molecule has 3 aliphatic carbocycles. The first-order valence-electron chi connectivity index (χ1n) is 27.4. The molecule has 378 valence electrons. The molecule has 0 N–H and O–H groups in total. The molecular weight excluding hydrogens is 943 g/mol. The highest BCUT2D eigenvalue weighted by Crippen LogP contribution is 2.56. The molecule has 9 aromatic rings. The number of rotatable bonds is 15. The average Bonchev–Trinajstić information content (AvgIpc) is 3.99. The second-order valence-corrected chi connectivity index (χ2v) is 20.4. The van der Waals surface area contributed by atoms with Gasteiger partial charge < -0.3 is 14.7 Å². The van der Waals surface area contributed by atoms with Gasteiger partial charge in [0.25, 0.3) is 0 Å².